The van der Waals surface area contributed by atoms with Gasteiger partial charge in [-0.1, -0.05) is 62.8 Å². The Morgan fingerprint density at radius 3 is 2.38 bits per heavy atom. The van der Waals surface area contributed by atoms with E-state index in [-0.39, 0.29) is 37.7 Å². The van der Waals surface area contributed by atoms with Gasteiger partial charge in [0.15, 0.2) is 5.78 Å². The van der Waals surface area contributed by atoms with Crippen LogP contribution in [0.2, 0.25) is 0 Å². The molecule has 2 heterocycles. The summed E-state index contributed by atoms with van der Waals surface area (Å²) in [5, 5.41) is 3.17. The molecule has 0 N–H and O–H groups in total. The smallest absolute Gasteiger partial charge is 0.218 e. The molecule has 2 fully saturated rings. The first-order valence-corrected chi connectivity index (χ1v) is 11.9. The zero-order valence-electron chi connectivity index (χ0n) is 18.1. The van der Waals surface area contributed by atoms with Crippen molar-refractivity contribution in [2.24, 2.45) is 0 Å². The molecule has 1 aromatic heterocycles. The molecule has 7 rings (SSSR count). The SMILES string of the molecule is O=C1C2(CCCCC2)c2cnc3c(ccc4cc5c([c-]c43)OCO5)c2C12CCCCC2.[Ir]. The average Bonchev–Trinajstić information content (AvgIpc) is 3.35. The zero-order valence-corrected chi connectivity index (χ0v) is 20.5. The molecule has 32 heavy (non-hydrogen) atoms. The summed E-state index contributed by atoms with van der Waals surface area (Å²) in [6, 6.07) is 9.78. The fourth-order valence-corrected chi connectivity index (χ4v) is 7.14. The van der Waals surface area contributed by atoms with Gasteiger partial charge in [-0.25, -0.2) is 0 Å². The van der Waals surface area contributed by atoms with Crippen molar-refractivity contribution in [1.29, 1.82) is 0 Å². The van der Waals surface area contributed by atoms with E-state index in [1.54, 1.807) is 0 Å². The van der Waals surface area contributed by atoms with E-state index in [0.717, 1.165) is 78.8 Å². The second-order valence-electron chi connectivity index (χ2n) is 9.96. The fourth-order valence-electron chi connectivity index (χ4n) is 7.14. The monoisotopic (exact) mass is 605 g/mol. The van der Waals surface area contributed by atoms with Crippen molar-refractivity contribution in [3.63, 3.8) is 0 Å². The number of nitrogens with zero attached hydrogens (tertiary/aromatic N) is 1. The number of ether oxygens (including phenoxy) is 2. The number of pyridine rings is 1. The van der Waals surface area contributed by atoms with Crippen molar-refractivity contribution in [2.45, 2.75) is 75.0 Å². The van der Waals surface area contributed by atoms with Crippen LogP contribution in [0.5, 0.6) is 11.5 Å². The minimum atomic E-state index is -0.323. The topological polar surface area (TPSA) is 48.4 Å². The van der Waals surface area contributed by atoms with Crippen molar-refractivity contribution in [3.8, 4) is 11.5 Å². The van der Waals surface area contributed by atoms with Crippen molar-refractivity contribution in [3.05, 3.63) is 41.6 Å². The number of hydrogen-bond donors (Lipinski definition) is 0. The molecule has 2 spiro atoms. The van der Waals surface area contributed by atoms with Crippen LogP contribution in [0.15, 0.2) is 24.4 Å². The maximum Gasteiger partial charge on any atom is 0.218 e. The average molecular weight is 605 g/mol. The summed E-state index contributed by atoms with van der Waals surface area (Å²) in [5.74, 6) is 1.92. The largest absolute Gasteiger partial charge is 0.500 e. The molecule has 4 aliphatic rings. The Kier molecular flexibility index (Phi) is 4.68. The molecule has 1 radical (unpaired) electrons. The Morgan fingerprint density at radius 1 is 0.906 bits per heavy atom. The van der Waals surface area contributed by atoms with Gasteiger partial charge in [0, 0.05) is 26.3 Å². The molecule has 2 saturated carbocycles. The first kappa shape index (κ1) is 20.6. The normalized spacial score (nSPS) is 22.4. The van der Waals surface area contributed by atoms with Gasteiger partial charge in [0.2, 0.25) is 6.79 Å². The predicted molar refractivity (Wildman–Crippen MR) is 119 cm³/mol. The third-order valence-electron chi connectivity index (χ3n) is 8.52. The zero-order chi connectivity index (χ0) is 20.6. The molecular formula is C27H26IrNO3-. The van der Waals surface area contributed by atoms with Crippen LogP contribution >= 0.6 is 0 Å². The van der Waals surface area contributed by atoms with Gasteiger partial charge in [0.25, 0.3) is 0 Å². The molecule has 167 valence electrons. The van der Waals surface area contributed by atoms with E-state index in [4.69, 9.17) is 14.5 Å². The van der Waals surface area contributed by atoms with E-state index in [0.29, 0.717) is 11.5 Å². The Labute approximate surface area is 201 Å². The first-order chi connectivity index (χ1) is 15.2. The standard InChI is InChI=1S/C27H26NO3.Ir/c29-25-26(9-3-1-4-10-26)20-15-28-24-18(23(20)27(25)11-5-2-6-12-27)8-7-17-13-21-22(14-19(17)24)31-16-30-21;/h7-8,13,15H,1-6,9-12,16H2;/q-1;. The van der Waals surface area contributed by atoms with Gasteiger partial charge in [-0.2, -0.15) is 0 Å². The van der Waals surface area contributed by atoms with Gasteiger partial charge in [-0.05, 0) is 47.7 Å². The molecule has 4 nitrogen and oxygen atoms in total. The maximum absolute atomic E-state index is 14.3. The van der Waals surface area contributed by atoms with E-state index in [1.807, 2.05) is 6.07 Å². The van der Waals surface area contributed by atoms with Gasteiger partial charge in [-0.15, -0.1) is 10.8 Å². The van der Waals surface area contributed by atoms with Crippen LogP contribution in [0.4, 0.5) is 0 Å². The molecule has 5 heteroatoms. The number of benzene rings is 2. The molecular weight excluding hydrogens is 579 g/mol. The summed E-state index contributed by atoms with van der Waals surface area (Å²) in [6.07, 6.45) is 13.1. The third-order valence-corrected chi connectivity index (χ3v) is 8.52. The van der Waals surface area contributed by atoms with Crippen molar-refractivity contribution in [1.82, 2.24) is 4.98 Å². The Balaban J connectivity index is 0.00000196. The summed E-state index contributed by atoms with van der Waals surface area (Å²) in [6.45, 7) is 0.239. The Bertz CT molecular complexity index is 1250. The minimum Gasteiger partial charge on any atom is -0.500 e. The van der Waals surface area contributed by atoms with Crippen molar-refractivity contribution < 1.29 is 34.4 Å². The van der Waals surface area contributed by atoms with Gasteiger partial charge >= 0.3 is 0 Å². The van der Waals surface area contributed by atoms with E-state index < -0.39 is 0 Å². The number of carbonyl (C=O) groups is 1. The van der Waals surface area contributed by atoms with Crippen LogP contribution in [-0.4, -0.2) is 17.6 Å². The molecule has 2 aromatic carbocycles. The Morgan fingerprint density at radius 2 is 1.62 bits per heavy atom. The molecule has 1 aliphatic heterocycles. The van der Waals surface area contributed by atoms with E-state index in [2.05, 4.69) is 24.4 Å². The van der Waals surface area contributed by atoms with Crippen LogP contribution in [-0.2, 0) is 35.7 Å². The van der Waals surface area contributed by atoms with E-state index in [1.165, 1.54) is 24.0 Å². The second-order valence-corrected chi connectivity index (χ2v) is 9.96. The van der Waals surface area contributed by atoms with Gasteiger partial charge in [0.05, 0.1) is 22.3 Å². The minimum absolute atomic E-state index is 0. The van der Waals surface area contributed by atoms with Gasteiger partial charge in [-0.3, -0.25) is 4.79 Å². The summed E-state index contributed by atoms with van der Waals surface area (Å²) < 4.78 is 11.2. The van der Waals surface area contributed by atoms with Crippen LogP contribution in [0, 0.1) is 6.07 Å². The predicted octanol–water partition coefficient (Wildman–Crippen LogP) is 5.90. The molecule has 0 saturated heterocycles. The van der Waals surface area contributed by atoms with E-state index >= 15 is 0 Å². The maximum atomic E-state index is 14.3. The molecule has 3 aliphatic carbocycles. The first-order valence-electron chi connectivity index (χ1n) is 11.9. The molecule has 0 amide bonds. The van der Waals surface area contributed by atoms with E-state index in [9.17, 15) is 4.79 Å². The summed E-state index contributed by atoms with van der Waals surface area (Å²) in [4.78, 5) is 19.3. The number of ketones is 1. The van der Waals surface area contributed by atoms with Crippen LogP contribution in [0.1, 0.15) is 75.3 Å². The summed E-state index contributed by atoms with van der Waals surface area (Å²) in [7, 11) is 0. The molecule has 0 atom stereocenters. The molecule has 0 bridgehead atoms. The third kappa shape index (κ3) is 2.53. The van der Waals surface area contributed by atoms with Crippen molar-refractivity contribution in [2.75, 3.05) is 6.79 Å². The summed E-state index contributed by atoms with van der Waals surface area (Å²) >= 11 is 0. The molecule has 3 aromatic rings. The van der Waals surface area contributed by atoms with Crippen LogP contribution in [0.3, 0.4) is 0 Å². The number of fused-ring (bicyclic) bond motifs is 8. The summed E-state index contributed by atoms with van der Waals surface area (Å²) in [5.41, 5.74) is 2.86. The number of carbonyl (C=O) groups excluding carboxylic acids is 1. The van der Waals surface area contributed by atoms with Crippen molar-refractivity contribution >= 4 is 27.5 Å². The molecule has 0 unspecified atom stereocenters. The Hall–Kier alpha value is -1.97. The quantitative estimate of drug-likeness (QED) is 0.237. The van der Waals surface area contributed by atoms with Crippen LogP contribution < -0.4 is 9.47 Å². The number of rotatable bonds is 0. The van der Waals surface area contributed by atoms with Gasteiger partial charge < -0.3 is 14.5 Å². The fraction of sp³-hybridized carbons (Fsp3) is 0.481. The second kappa shape index (κ2) is 7.26. The number of hydrogen-bond acceptors (Lipinski definition) is 4. The van der Waals surface area contributed by atoms with Crippen LogP contribution in [0.25, 0.3) is 21.7 Å². The van der Waals surface area contributed by atoms with Gasteiger partial charge in [0.1, 0.15) is 0 Å². The number of aromatic nitrogens is 1. The number of Topliss-reactive ketones (excluding diaryl/α,β-unsaturated/α-hetero) is 1.